The van der Waals surface area contributed by atoms with E-state index in [-0.39, 0.29) is 56.4 Å². The lowest BCUT2D eigenvalue weighted by molar-refractivity contribution is -0.133. The van der Waals surface area contributed by atoms with E-state index in [4.69, 9.17) is 4.74 Å². The summed E-state index contributed by atoms with van der Waals surface area (Å²) in [6.07, 6.45) is 0.846. The molecule has 16 heteroatoms. The van der Waals surface area contributed by atoms with Crippen LogP contribution in [0.3, 0.4) is 0 Å². The summed E-state index contributed by atoms with van der Waals surface area (Å²) >= 11 is 4.18. The Morgan fingerprint density at radius 3 is 1.57 bits per heavy atom. The van der Waals surface area contributed by atoms with Gasteiger partial charge in [-0.15, -0.1) is 0 Å². The first kappa shape index (κ1) is 41.4. The smallest absolute Gasteiger partial charge is 0.407 e. The van der Waals surface area contributed by atoms with Crippen LogP contribution in [0.1, 0.15) is 12.8 Å². The molecular formula is C30H59N9O6S. The van der Waals surface area contributed by atoms with Crippen LogP contribution in [0, 0.1) is 0 Å². The van der Waals surface area contributed by atoms with Crippen molar-refractivity contribution in [1.82, 2.24) is 44.5 Å². The molecular weight excluding hydrogens is 614 g/mol. The highest BCUT2D eigenvalue weighted by Gasteiger charge is 2.29. The Morgan fingerprint density at radius 2 is 1.09 bits per heavy atom. The highest BCUT2D eigenvalue weighted by atomic mass is 32.1. The molecule has 0 bridgehead atoms. The van der Waals surface area contributed by atoms with E-state index in [9.17, 15) is 24.0 Å². The highest BCUT2D eigenvalue weighted by Crippen LogP contribution is 2.10. The Morgan fingerprint density at radius 1 is 0.652 bits per heavy atom. The van der Waals surface area contributed by atoms with E-state index in [0.717, 1.165) is 0 Å². The molecule has 0 radical (unpaired) electrons. The van der Waals surface area contributed by atoms with E-state index in [1.165, 1.54) is 9.80 Å². The second-order valence-electron chi connectivity index (χ2n) is 12.5. The molecule has 46 heavy (non-hydrogen) atoms. The van der Waals surface area contributed by atoms with Gasteiger partial charge in [0.1, 0.15) is 6.61 Å². The van der Waals surface area contributed by atoms with Crippen molar-refractivity contribution in [3.8, 4) is 0 Å². The summed E-state index contributed by atoms with van der Waals surface area (Å²) in [5.74, 6) is 0.359. The van der Waals surface area contributed by atoms with Crippen LogP contribution < -0.4 is 5.32 Å². The molecule has 1 heterocycles. The second-order valence-corrected chi connectivity index (χ2v) is 13.0. The van der Waals surface area contributed by atoms with Gasteiger partial charge in [0, 0.05) is 95.6 Å². The molecule has 0 spiro atoms. The Balaban J connectivity index is 3.50. The molecule has 266 valence electrons. The largest absolute Gasteiger partial charge is 0.448 e. The predicted octanol–water partition coefficient (Wildman–Crippen LogP) is -1.63. The van der Waals surface area contributed by atoms with Crippen LogP contribution in [0.5, 0.6) is 0 Å². The minimum Gasteiger partial charge on any atom is -0.448 e. The van der Waals surface area contributed by atoms with Crippen molar-refractivity contribution in [2.45, 2.75) is 18.9 Å². The number of alkyl carbamates (subject to hydrolysis) is 1. The van der Waals surface area contributed by atoms with E-state index in [1.807, 2.05) is 9.80 Å². The van der Waals surface area contributed by atoms with Crippen molar-refractivity contribution < 1.29 is 28.7 Å². The molecule has 0 aromatic rings. The van der Waals surface area contributed by atoms with Gasteiger partial charge in [-0.3, -0.25) is 38.8 Å². The maximum absolute atomic E-state index is 13.1. The molecule has 0 saturated carbocycles. The monoisotopic (exact) mass is 673 g/mol. The van der Waals surface area contributed by atoms with Crippen LogP contribution in [-0.2, 0) is 23.9 Å². The van der Waals surface area contributed by atoms with E-state index < -0.39 is 12.1 Å². The first-order valence-electron chi connectivity index (χ1n) is 15.9. The Hall–Kier alpha value is -2.66. The minimum atomic E-state index is -0.564. The molecule has 15 nitrogen and oxygen atoms in total. The van der Waals surface area contributed by atoms with Gasteiger partial charge >= 0.3 is 6.09 Å². The maximum atomic E-state index is 13.1. The van der Waals surface area contributed by atoms with Gasteiger partial charge in [-0.05, 0) is 31.7 Å². The first-order valence-corrected chi connectivity index (χ1v) is 16.5. The van der Waals surface area contributed by atoms with Crippen LogP contribution in [0.4, 0.5) is 4.79 Å². The van der Waals surface area contributed by atoms with Crippen LogP contribution in [0.25, 0.3) is 0 Å². The van der Waals surface area contributed by atoms with E-state index >= 15 is 0 Å². The summed E-state index contributed by atoms with van der Waals surface area (Å²) in [4.78, 5) is 78.4. The fourth-order valence-electron chi connectivity index (χ4n) is 4.61. The van der Waals surface area contributed by atoms with Crippen LogP contribution in [-0.4, -0.2) is 222 Å². The molecule has 1 unspecified atom stereocenters. The van der Waals surface area contributed by atoms with Crippen molar-refractivity contribution in [3.05, 3.63) is 0 Å². The summed E-state index contributed by atoms with van der Waals surface area (Å²) in [7, 11) is 13.7. The number of nitrogens with zero attached hydrogens (tertiary/aromatic N) is 8. The zero-order valence-corrected chi connectivity index (χ0v) is 30.3. The van der Waals surface area contributed by atoms with Gasteiger partial charge in [-0.1, -0.05) is 0 Å². The maximum Gasteiger partial charge on any atom is 0.407 e. The molecule has 1 aliphatic heterocycles. The molecule has 1 saturated heterocycles. The summed E-state index contributed by atoms with van der Waals surface area (Å²) in [6.45, 7) is 4.50. The number of ether oxygens (including phenoxy) is 1. The zero-order chi connectivity index (χ0) is 34.8. The Bertz CT molecular complexity index is 969. The fourth-order valence-corrected chi connectivity index (χ4v) is 4.77. The number of hydrogen-bond acceptors (Lipinski definition) is 11. The summed E-state index contributed by atoms with van der Waals surface area (Å²) < 4.78 is 5.67. The van der Waals surface area contributed by atoms with Crippen molar-refractivity contribution in [3.63, 3.8) is 0 Å². The topological polar surface area (TPSA) is 133 Å². The SMILES string of the molecule is CN(C)C(=O)CN1CCCN(CC(=O)N(C)C)CCN(CC(=O)N(C)C)C(COC(=O)NCCCS)CN(CC(=O)N(C)C)CC1. The van der Waals surface area contributed by atoms with Crippen LogP contribution in [0.2, 0.25) is 0 Å². The quantitative estimate of drug-likeness (QED) is 0.174. The lowest BCUT2D eigenvalue weighted by Gasteiger charge is -2.36. The predicted molar refractivity (Wildman–Crippen MR) is 182 cm³/mol. The van der Waals surface area contributed by atoms with Gasteiger partial charge in [-0.25, -0.2) is 4.79 Å². The molecule has 1 N–H and O–H groups in total. The Labute approximate surface area is 281 Å². The normalized spacial score (nSPS) is 18.0. The van der Waals surface area contributed by atoms with Gasteiger partial charge < -0.3 is 29.7 Å². The summed E-state index contributed by atoms with van der Waals surface area (Å²) in [6, 6.07) is -0.446. The van der Waals surface area contributed by atoms with Gasteiger partial charge in [0.2, 0.25) is 23.6 Å². The van der Waals surface area contributed by atoms with Crippen molar-refractivity contribution in [2.75, 3.05) is 147 Å². The number of likely N-dealkylation sites (N-methyl/N-ethyl adjacent to an activating group) is 4. The number of nitrogens with one attached hydrogen (secondary N) is 1. The summed E-state index contributed by atoms with van der Waals surface area (Å²) in [5.41, 5.74) is 0. The summed E-state index contributed by atoms with van der Waals surface area (Å²) in [5, 5.41) is 2.73. The number of carbonyl (C=O) groups is 5. The number of amides is 5. The highest BCUT2D eigenvalue weighted by molar-refractivity contribution is 7.80. The van der Waals surface area contributed by atoms with E-state index in [1.54, 1.807) is 66.2 Å². The van der Waals surface area contributed by atoms with E-state index in [0.29, 0.717) is 71.0 Å². The second kappa shape index (κ2) is 22.0. The van der Waals surface area contributed by atoms with Crippen molar-refractivity contribution in [1.29, 1.82) is 0 Å². The molecule has 0 aromatic carbocycles. The average Bonchev–Trinajstić information content (AvgIpc) is 2.99. The zero-order valence-electron chi connectivity index (χ0n) is 29.4. The third kappa shape index (κ3) is 16.8. The Kier molecular flexibility index (Phi) is 19.8. The number of hydrogen-bond donors (Lipinski definition) is 2. The number of thiol groups is 1. The van der Waals surface area contributed by atoms with Crippen molar-refractivity contribution >= 4 is 42.4 Å². The molecule has 1 atom stereocenters. The fraction of sp³-hybridized carbons (Fsp3) is 0.833. The average molecular weight is 674 g/mol. The van der Waals surface area contributed by atoms with Crippen molar-refractivity contribution in [2.24, 2.45) is 0 Å². The molecule has 1 fully saturated rings. The van der Waals surface area contributed by atoms with E-state index in [2.05, 4.69) is 27.7 Å². The number of carbonyl (C=O) groups excluding carboxylic acids is 5. The molecule has 0 aromatic heterocycles. The third-order valence-electron chi connectivity index (χ3n) is 7.79. The van der Waals surface area contributed by atoms with Gasteiger partial charge in [-0.2, -0.15) is 12.6 Å². The van der Waals surface area contributed by atoms with Crippen LogP contribution in [0.15, 0.2) is 0 Å². The minimum absolute atomic E-state index is 0.0144. The van der Waals surface area contributed by atoms with Gasteiger partial charge in [0.25, 0.3) is 0 Å². The molecule has 1 aliphatic rings. The van der Waals surface area contributed by atoms with Gasteiger partial charge in [0.05, 0.1) is 32.2 Å². The lowest BCUT2D eigenvalue weighted by Crippen LogP contribution is -2.54. The number of rotatable bonds is 13. The molecule has 5 amide bonds. The molecule has 0 aliphatic carbocycles. The standard InChI is InChI=1S/C30H59N9O6S/c1-32(2)26(40)20-36-12-10-13-37(21-27(41)33(3)4)16-17-39(23-29(43)35(7)8)25(24-45-30(44)31-11-9-18-46)19-38(15-14-36)22-28(42)34(5)6/h25,46H,9-24H2,1-8H3,(H,31,44). The third-order valence-corrected chi connectivity index (χ3v) is 8.11. The van der Waals surface area contributed by atoms with Crippen LogP contribution >= 0.6 is 12.6 Å². The lowest BCUT2D eigenvalue weighted by atomic mass is 10.2. The van der Waals surface area contributed by atoms with Gasteiger partial charge in [0.15, 0.2) is 0 Å². The first-order chi connectivity index (χ1) is 21.6. The molecule has 1 rings (SSSR count).